The van der Waals surface area contributed by atoms with E-state index >= 15 is 0 Å². The van der Waals surface area contributed by atoms with Crippen molar-refractivity contribution in [2.75, 3.05) is 32.9 Å². The van der Waals surface area contributed by atoms with Crippen molar-refractivity contribution in [1.82, 2.24) is 7.68 Å². The quantitative estimate of drug-likeness (QED) is 0.218. The zero-order chi connectivity index (χ0) is 22.2. The number of fused-ring (bicyclic) bond motifs is 2. The number of carbonyl (C=O) groups excluding carboxylic acids is 1. The maximum atomic E-state index is 13.9. The molecule has 1 atom stereocenters. The van der Waals surface area contributed by atoms with E-state index in [9.17, 15) is 4.79 Å². The van der Waals surface area contributed by atoms with Gasteiger partial charge in [0.25, 0.3) is 0 Å². The van der Waals surface area contributed by atoms with Crippen molar-refractivity contribution in [2.45, 2.75) is 24.8 Å². The Morgan fingerprint density at radius 1 is 1.09 bits per heavy atom. The Hall–Kier alpha value is -2.16. The van der Waals surface area contributed by atoms with Crippen LogP contribution in [-0.2, 0) is 9.47 Å². The third kappa shape index (κ3) is 3.68. The van der Waals surface area contributed by atoms with Gasteiger partial charge in [0.05, 0.1) is 0 Å². The third-order valence-electron chi connectivity index (χ3n) is 6.31. The second kappa shape index (κ2) is 9.00. The summed E-state index contributed by atoms with van der Waals surface area (Å²) >= 11 is -0.298. The number of benzene rings is 2. The molecule has 1 aromatic heterocycles. The van der Waals surface area contributed by atoms with Gasteiger partial charge in [0.15, 0.2) is 0 Å². The summed E-state index contributed by atoms with van der Waals surface area (Å²) in [5.41, 5.74) is 4.72. The first-order valence-corrected chi connectivity index (χ1v) is 13.3. The zero-order valence-corrected chi connectivity index (χ0v) is 20.9. The molecule has 6 heteroatoms. The summed E-state index contributed by atoms with van der Waals surface area (Å²) in [6.07, 6.45) is 2.02. The van der Waals surface area contributed by atoms with E-state index in [0.717, 1.165) is 70.9 Å². The molecule has 0 amide bonds. The van der Waals surface area contributed by atoms with Gasteiger partial charge in [0, 0.05) is 0 Å². The molecule has 2 aromatic carbocycles. The number of aromatic nitrogens is 1. The van der Waals surface area contributed by atoms with Crippen molar-refractivity contribution in [3.8, 4) is 0 Å². The van der Waals surface area contributed by atoms with E-state index in [1.807, 2.05) is 43.3 Å². The van der Waals surface area contributed by atoms with Crippen LogP contribution < -0.4 is 21.5 Å². The zero-order valence-electron chi connectivity index (χ0n) is 18.7. The number of morpholine rings is 1. The standard InChI is InChI=1S/C26H28IN2O3/c1-4-22-25-17(2)24(26(30)21-11-7-9-19-8-5-6-10-20(19)21)18(3)29(25)23(16-32-22)27-28-12-14-31-15-13-28/h4-11,23H,12-16H2,1-3H3/q-1/b22-4+/t23-/m0/s1. The van der Waals surface area contributed by atoms with Crippen LogP contribution in [0.1, 0.15) is 43.8 Å². The molecular weight excluding hydrogens is 515 g/mol. The van der Waals surface area contributed by atoms with Gasteiger partial charge in [-0.25, -0.2) is 0 Å². The molecule has 168 valence electrons. The molecular formula is C26H28IN2O3-. The first kappa shape index (κ1) is 21.7. The average Bonchev–Trinajstić information content (AvgIpc) is 3.10. The van der Waals surface area contributed by atoms with Gasteiger partial charge >= 0.3 is 200 Å². The van der Waals surface area contributed by atoms with E-state index in [4.69, 9.17) is 9.47 Å². The van der Waals surface area contributed by atoms with Crippen molar-refractivity contribution >= 4 is 22.3 Å². The predicted molar refractivity (Wildman–Crippen MR) is 122 cm³/mol. The van der Waals surface area contributed by atoms with Crippen molar-refractivity contribution < 1.29 is 35.7 Å². The fourth-order valence-corrected chi connectivity index (χ4v) is 7.94. The molecule has 1 fully saturated rings. The number of alkyl halides is 1. The third-order valence-corrected chi connectivity index (χ3v) is 9.63. The van der Waals surface area contributed by atoms with Crippen LogP contribution in [0.4, 0.5) is 0 Å². The van der Waals surface area contributed by atoms with Gasteiger partial charge in [-0.15, -0.1) is 0 Å². The van der Waals surface area contributed by atoms with Gasteiger partial charge in [-0.1, -0.05) is 0 Å². The minimum atomic E-state index is -0.298. The molecule has 32 heavy (non-hydrogen) atoms. The van der Waals surface area contributed by atoms with E-state index in [0.29, 0.717) is 6.61 Å². The molecule has 2 aliphatic rings. The number of nitrogens with zero attached hydrogens (tertiary/aromatic N) is 2. The summed E-state index contributed by atoms with van der Waals surface area (Å²) in [5.74, 6) is 0.974. The second-order valence-corrected chi connectivity index (χ2v) is 11.5. The second-order valence-electron chi connectivity index (χ2n) is 8.18. The van der Waals surface area contributed by atoms with E-state index < -0.39 is 0 Å². The molecule has 0 unspecified atom stereocenters. The molecule has 5 rings (SSSR count). The Bertz CT molecular complexity index is 1200. The van der Waals surface area contributed by atoms with Crippen LogP contribution in [0.25, 0.3) is 16.5 Å². The Balaban J connectivity index is 1.61. The molecule has 0 radical (unpaired) electrons. The van der Waals surface area contributed by atoms with Crippen LogP contribution in [0.3, 0.4) is 0 Å². The summed E-state index contributed by atoms with van der Waals surface area (Å²) < 4.78 is 17.0. The van der Waals surface area contributed by atoms with Crippen LogP contribution in [0.2, 0.25) is 0 Å². The van der Waals surface area contributed by atoms with Crippen molar-refractivity contribution in [3.05, 3.63) is 76.6 Å². The summed E-state index contributed by atoms with van der Waals surface area (Å²) in [4.78, 5) is 13.9. The monoisotopic (exact) mass is 543 g/mol. The van der Waals surface area contributed by atoms with E-state index in [2.05, 4.69) is 33.7 Å². The normalized spacial score (nSPS) is 20.5. The number of ether oxygens (including phenoxy) is 2. The number of allylic oxidation sites excluding steroid dienone is 1. The van der Waals surface area contributed by atoms with Crippen LogP contribution in [0.5, 0.6) is 0 Å². The van der Waals surface area contributed by atoms with Gasteiger partial charge in [-0.05, 0) is 0 Å². The Kier molecular flexibility index (Phi) is 6.09. The van der Waals surface area contributed by atoms with E-state index in [-0.39, 0.29) is 31.3 Å². The van der Waals surface area contributed by atoms with Gasteiger partial charge in [-0.3, -0.25) is 0 Å². The fraction of sp³-hybridized carbons (Fsp3) is 0.346. The molecule has 1 saturated heterocycles. The molecule has 0 aliphatic carbocycles. The number of hydrogen-bond donors (Lipinski definition) is 0. The number of rotatable bonds is 4. The molecule has 2 aliphatic heterocycles. The number of hydrogen-bond acceptors (Lipinski definition) is 4. The molecule has 3 aromatic rings. The molecule has 5 nitrogen and oxygen atoms in total. The van der Waals surface area contributed by atoms with Crippen LogP contribution in [-0.4, -0.2) is 46.4 Å². The number of ketones is 1. The first-order chi connectivity index (χ1) is 15.6. The Labute approximate surface area is 199 Å². The van der Waals surface area contributed by atoms with Crippen molar-refractivity contribution in [3.63, 3.8) is 0 Å². The van der Waals surface area contributed by atoms with Gasteiger partial charge in [0.1, 0.15) is 0 Å². The first-order valence-electron chi connectivity index (χ1n) is 11.1. The molecule has 0 N–H and O–H groups in total. The number of carbonyl (C=O) groups is 1. The fourth-order valence-electron chi connectivity index (χ4n) is 4.80. The predicted octanol–water partition coefficient (Wildman–Crippen LogP) is 1.71. The Morgan fingerprint density at radius 3 is 2.62 bits per heavy atom. The summed E-state index contributed by atoms with van der Waals surface area (Å²) in [7, 11) is 0. The van der Waals surface area contributed by atoms with Crippen molar-refractivity contribution in [2.24, 2.45) is 0 Å². The van der Waals surface area contributed by atoms with Gasteiger partial charge in [0.2, 0.25) is 0 Å². The molecule has 0 saturated carbocycles. The van der Waals surface area contributed by atoms with Gasteiger partial charge in [-0.2, -0.15) is 0 Å². The van der Waals surface area contributed by atoms with Crippen LogP contribution in [0.15, 0.2) is 48.5 Å². The molecule has 0 bridgehead atoms. The van der Waals surface area contributed by atoms with E-state index in [1.165, 1.54) is 0 Å². The minimum absolute atomic E-state index is 0.0949. The van der Waals surface area contributed by atoms with Gasteiger partial charge < -0.3 is 0 Å². The summed E-state index contributed by atoms with van der Waals surface area (Å²) in [6.45, 7) is 10.4. The summed E-state index contributed by atoms with van der Waals surface area (Å²) in [6, 6.07) is 14.1. The van der Waals surface area contributed by atoms with Crippen LogP contribution >= 0.6 is 0 Å². The van der Waals surface area contributed by atoms with Crippen LogP contribution in [0, 0.1) is 13.8 Å². The molecule has 3 heterocycles. The number of halogens is 1. The van der Waals surface area contributed by atoms with Crippen molar-refractivity contribution in [1.29, 1.82) is 0 Å². The Morgan fingerprint density at radius 2 is 1.84 bits per heavy atom. The maximum absolute atomic E-state index is 13.9. The average molecular weight is 543 g/mol. The SMILES string of the molecule is C/C=C1/OC[C@@H]([I-]N2CCOCC2)n2c(C)c(C(=O)c3cccc4ccccc34)c(C)c21. The van der Waals surface area contributed by atoms with E-state index in [1.54, 1.807) is 0 Å². The molecule has 0 spiro atoms. The topological polar surface area (TPSA) is 43.7 Å². The summed E-state index contributed by atoms with van der Waals surface area (Å²) in [5, 5.41) is 2.09.